The number of anilines is 1. The van der Waals surface area contributed by atoms with Crippen molar-refractivity contribution in [1.82, 2.24) is 0 Å². The lowest BCUT2D eigenvalue weighted by Crippen LogP contribution is -2.29. The van der Waals surface area contributed by atoms with Gasteiger partial charge in [0.05, 0.1) is 16.3 Å². The second-order valence-corrected chi connectivity index (χ2v) is 6.98. The van der Waals surface area contributed by atoms with Gasteiger partial charge in [0.25, 0.3) is 0 Å². The van der Waals surface area contributed by atoms with E-state index in [-0.39, 0.29) is 17.5 Å². The first-order valence-corrected chi connectivity index (χ1v) is 8.18. The molecule has 0 radical (unpaired) electrons. The smallest absolute Gasteiger partial charge is 0.304 e. The summed E-state index contributed by atoms with van der Waals surface area (Å²) in [5.41, 5.74) is 0.00968. The summed E-state index contributed by atoms with van der Waals surface area (Å²) in [6.45, 7) is 6.02. The summed E-state index contributed by atoms with van der Waals surface area (Å²) in [7, 11) is 0. The van der Waals surface area contributed by atoms with E-state index >= 15 is 0 Å². The Balaban J connectivity index is 2.43. The van der Waals surface area contributed by atoms with E-state index in [0.29, 0.717) is 16.4 Å². The van der Waals surface area contributed by atoms with Crippen molar-refractivity contribution < 1.29 is 9.72 Å². The van der Waals surface area contributed by atoms with Gasteiger partial charge in [-0.25, -0.2) is 0 Å². The molecule has 0 aromatic carbocycles. The number of hydrogen-bond acceptors (Lipinski definition) is 6. The molecule has 2 heterocycles. The van der Waals surface area contributed by atoms with Gasteiger partial charge in [0, 0.05) is 17.0 Å². The van der Waals surface area contributed by atoms with Gasteiger partial charge in [-0.3, -0.25) is 14.9 Å². The molecular formula is C14H16N2O3S2. The third-order valence-corrected chi connectivity index (χ3v) is 5.15. The molecule has 2 aromatic heterocycles. The van der Waals surface area contributed by atoms with Gasteiger partial charge < -0.3 is 4.90 Å². The molecule has 0 aliphatic heterocycles. The number of ketones is 1. The lowest BCUT2D eigenvalue weighted by Gasteiger charge is -2.26. The zero-order valence-corrected chi connectivity index (χ0v) is 13.7. The molecule has 5 nitrogen and oxygen atoms in total. The summed E-state index contributed by atoms with van der Waals surface area (Å²) in [5.74, 6) is -0.144. The van der Waals surface area contributed by atoms with E-state index in [1.807, 2.05) is 36.3 Å². The fourth-order valence-electron chi connectivity index (χ4n) is 1.94. The first-order valence-electron chi connectivity index (χ1n) is 6.48. The van der Waals surface area contributed by atoms with Crippen LogP contribution in [0.3, 0.4) is 0 Å². The van der Waals surface area contributed by atoms with Crippen LogP contribution >= 0.6 is 22.7 Å². The van der Waals surface area contributed by atoms with E-state index in [1.165, 1.54) is 24.3 Å². The van der Waals surface area contributed by atoms with Crippen molar-refractivity contribution in [2.24, 2.45) is 0 Å². The van der Waals surface area contributed by atoms with E-state index < -0.39 is 4.92 Å². The third kappa shape index (κ3) is 3.48. The molecule has 0 atom stereocenters. The number of hydrogen-bond donors (Lipinski definition) is 0. The van der Waals surface area contributed by atoms with Gasteiger partial charge >= 0.3 is 5.69 Å². The number of carbonyl (C=O) groups excluding carboxylic acids is 1. The molecule has 21 heavy (non-hydrogen) atoms. The zero-order valence-electron chi connectivity index (χ0n) is 12.0. The van der Waals surface area contributed by atoms with Gasteiger partial charge in [-0.2, -0.15) is 0 Å². The predicted octanol–water partition coefficient (Wildman–Crippen LogP) is 4.34. The SMILES string of the molecule is CC(=O)c1cc([N+](=O)[O-])c(N(Cc2cccs2)C(C)C)s1. The Hall–Kier alpha value is -1.73. The molecule has 0 saturated carbocycles. The highest BCUT2D eigenvalue weighted by Crippen LogP contribution is 2.39. The maximum Gasteiger partial charge on any atom is 0.304 e. The quantitative estimate of drug-likeness (QED) is 0.450. The second-order valence-electron chi connectivity index (χ2n) is 4.92. The van der Waals surface area contributed by atoms with E-state index in [4.69, 9.17) is 0 Å². The molecule has 0 unspecified atom stereocenters. The summed E-state index contributed by atoms with van der Waals surface area (Å²) in [6.07, 6.45) is 0. The molecule has 2 rings (SSSR count). The summed E-state index contributed by atoms with van der Waals surface area (Å²) >= 11 is 2.81. The number of nitro groups is 1. The van der Waals surface area contributed by atoms with Gasteiger partial charge in [-0.1, -0.05) is 6.07 Å². The van der Waals surface area contributed by atoms with Gasteiger partial charge in [-0.15, -0.1) is 22.7 Å². The monoisotopic (exact) mass is 324 g/mol. The molecule has 7 heteroatoms. The first-order chi connectivity index (χ1) is 9.90. The van der Waals surface area contributed by atoms with Crippen molar-refractivity contribution in [2.75, 3.05) is 4.90 Å². The van der Waals surface area contributed by atoms with Gasteiger partial charge in [-0.05, 0) is 32.2 Å². The maximum atomic E-state index is 11.5. The minimum Gasteiger partial charge on any atom is -0.350 e. The highest BCUT2D eigenvalue weighted by Gasteiger charge is 2.27. The minimum absolute atomic E-state index is 0.00968. The van der Waals surface area contributed by atoms with Crippen LogP contribution in [0.1, 0.15) is 35.3 Å². The third-order valence-electron chi connectivity index (χ3n) is 3.03. The number of rotatable bonds is 6. The van der Waals surface area contributed by atoms with Crippen LogP contribution in [0.2, 0.25) is 0 Å². The van der Waals surface area contributed by atoms with Crippen LogP contribution in [-0.4, -0.2) is 16.7 Å². The van der Waals surface area contributed by atoms with Crippen LogP contribution in [0.15, 0.2) is 23.6 Å². The Kier molecular flexibility index (Phi) is 4.74. The number of nitrogens with zero attached hydrogens (tertiary/aromatic N) is 2. The lowest BCUT2D eigenvalue weighted by molar-refractivity contribution is -0.383. The Bertz CT molecular complexity index is 647. The Morgan fingerprint density at radius 3 is 2.67 bits per heavy atom. The topological polar surface area (TPSA) is 63.4 Å². The minimum atomic E-state index is -0.415. The van der Waals surface area contributed by atoms with E-state index in [2.05, 4.69) is 0 Å². The maximum absolute atomic E-state index is 11.5. The second kappa shape index (κ2) is 6.36. The summed E-state index contributed by atoms with van der Waals surface area (Å²) in [6, 6.07) is 5.45. The first kappa shape index (κ1) is 15.7. The lowest BCUT2D eigenvalue weighted by atomic mass is 10.3. The van der Waals surface area contributed by atoms with Crippen molar-refractivity contribution in [3.8, 4) is 0 Å². The Morgan fingerprint density at radius 1 is 1.48 bits per heavy atom. The van der Waals surface area contributed by atoms with Crippen LogP contribution in [0.4, 0.5) is 10.7 Å². The van der Waals surface area contributed by atoms with E-state index in [0.717, 1.165) is 4.88 Å². The van der Waals surface area contributed by atoms with Crippen molar-refractivity contribution in [3.63, 3.8) is 0 Å². The van der Waals surface area contributed by atoms with Crippen molar-refractivity contribution >= 4 is 39.1 Å². The van der Waals surface area contributed by atoms with E-state index in [9.17, 15) is 14.9 Å². The van der Waals surface area contributed by atoms with Crippen LogP contribution in [0.5, 0.6) is 0 Å². The number of thiophene rings is 2. The van der Waals surface area contributed by atoms with Crippen LogP contribution in [-0.2, 0) is 6.54 Å². The van der Waals surface area contributed by atoms with Gasteiger partial charge in [0.15, 0.2) is 10.8 Å². The van der Waals surface area contributed by atoms with E-state index in [1.54, 1.807) is 11.3 Å². The van der Waals surface area contributed by atoms with Crippen molar-refractivity contribution in [1.29, 1.82) is 0 Å². The molecule has 2 aromatic rings. The molecule has 0 spiro atoms. The summed E-state index contributed by atoms with van der Waals surface area (Å²) in [4.78, 5) is 25.9. The number of Topliss-reactive ketones (excluding diaryl/α,β-unsaturated/α-hetero) is 1. The van der Waals surface area contributed by atoms with Crippen LogP contribution < -0.4 is 4.90 Å². The highest BCUT2D eigenvalue weighted by molar-refractivity contribution is 7.18. The van der Waals surface area contributed by atoms with Crippen molar-refractivity contribution in [2.45, 2.75) is 33.4 Å². The summed E-state index contributed by atoms with van der Waals surface area (Å²) < 4.78 is 0. The molecule has 0 amide bonds. The normalized spacial score (nSPS) is 10.9. The van der Waals surface area contributed by atoms with Crippen LogP contribution in [0, 0.1) is 10.1 Å². The molecule has 0 bridgehead atoms. The fraction of sp³-hybridized carbons (Fsp3) is 0.357. The molecule has 0 N–H and O–H groups in total. The molecular weight excluding hydrogens is 308 g/mol. The summed E-state index contributed by atoms with van der Waals surface area (Å²) in [5, 5.41) is 13.8. The molecule has 0 saturated heterocycles. The fourth-order valence-corrected chi connectivity index (χ4v) is 3.80. The average molecular weight is 324 g/mol. The molecule has 0 aliphatic carbocycles. The molecule has 0 aliphatic rings. The van der Waals surface area contributed by atoms with Gasteiger partial charge in [0.2, 0.25) is 0 Å². The molecule has 112 valence electrons. The standard InChI is InChI=1S/C14H16N2O3S2/c1-9(2)15(8-11-5-4-6-20-11)14-12(16(18)19)7-13(21-14)10(3)17/h4-7,9H,8H2,1-3H3. The highest BCUT2D eigenvalue weighted by atomic mass is 32.1. The largest absolute Gasteiger partial charge is 0.350 e. The Labute approximate surface area is 131 Å². The number of carbonyl (C=O) groups is 1. The average Bonchev–Trinajstić information content (AvgIpc) is 3.04. The van der Waals surface area contributed by atoms with Crippen molar-refractivity contribution in [3.05, 3.63) is 43.4 Å². The van der Waals surface area contributed by atoms with Crippen LogP contribution in [0.25, 0.3) is 0 Å². The molecule has 0 fully saturated rings. The Morgan fingerprint density at radius 2 is 2.19 bits per heavy atom. The zero-order chi connectivity index (χ0) is 15.6. The predicted molar refractivity (Wildman–Crippen MR) is 86.6 cm³/mol. The van der Waals surface area contributed by atoms with Gasteiger partial charge in [0.1, 0.15) is 0 Å².